The van der Waals surface area contributed by atoms with E-state index >= 15 is 0 Å². The standard InChI is InChI=1S/C10H17NO3/c1-8(12)7-10(9(13)14-2)3-5-11-6-4-10/h11H,3-7H2,1-2H3. The van der Waals surface area contributed by atoms with E-state index in [0.717, 1.165) is 13.1 Å². The first-order valence-electron chi connectivity index (χ1n) is 4.89. The van der Waals surface area contributed by atoms with E-state index in [-0.39, 0.29) is 11.8 Å². The second-order valence-electron chi connectivity index (χ2n) is 3.90. The van der Waals surface area contributed by atoms with Crippen LogP contribution in [-0.2, 0) is 14.3 Å². The minimum Gasteiger partial charge on any atom is -0.469 e. The summed E-state index contributed by atoms with van der Waals surface area (Å²) in [4.78, 5) is 22.7. The third-order valence-corrected chi connectivity index (χ3v) is 2.77. The van der Waals surface area contributed by atoms with Crippen molar-refractivity contribution in [1.29, 1.82) is 0 Å². The Morgan fingerprint density at radius 1 is 1.36 bits per heavy atom. The lowest BCUT2D eigenvalue weighted by Gasteiger charge is -2.33. The maximum Gasteiger partial charge on any atom is 0.312 e. The van der Waals surface area contributed by atoms with Crippen LogP contribution in [0, 0.1) is 5.41 Å². The number of piperidine rings is 1. The van der Waals surface area contributed by atoms with E-state index in [9.17, 15) is 9.59 Å². The van der Waals surface area contributed by atoms with Gasteiger partial charge in [0.15, 0.2) is 0 Å². The largest absolute Gasteiger partial charge is 0.469 e. The molecule has 1 N–H and O–H groups in total. The molecule has 4 heteroatoms. The van der Waals surface area contributed by atoms with Gasteiger partial charge in [-0.25, -0.2) is 0 Å². The quantitative estimate of drug-likeness (QED) is 0.673. The number of nitrogens with one attached hydrogen (secondary N) is 1. The first kappa shape index (κ1) is 11.2. The number of hydrogen-bond donors (Lipinski definition) is 1. The summed E-state index contributed by atoms with van der Waals surface area (Å²) >= 11 is 0. The number of ketones is 1. The molecule has 1 aliphatic rings. The molecule has 0 aromatic carbocycles. The second-order valence-corrected chi connectivity index (χ2v) is 3.90. The van der Waals surface area contributed by atoms with Crippen LogP contribution in [0.15, 0.2) is 0 Å². The van der Waals surface area contributed by atoms with Crippen molar-refractivity contribution in [3.05, 3.63) is 0 Å². The van der Waals surface area contributed by atoms with Crippen molar-refractivity contribution in [1.82, 2.24) is 5.32 Å². The Balaban J connectivity index is 2.76. The van der Waals surface area contributed by atoms with Gasteiger partial charge in [-0.2, -0.15) is 0 Å². The van der Waals surface area contributed by atoms with Gasteiger partial charge in [-0.3, -0.25) is 9.59 Å². The highest BCUT2D eigenvalue weighted by Gasteiger charge is 2.41. The van der Waals surface area contributed by atoms with Crippen LogP contribution in [0.3, 0.4) is 0 Å². The van der Waals surface area contributed by atoms with Gasteiger partial charge in [-0.15, -0.1) is 0 Å². The predicted octanol–water partition coefficient (Wildman–Crippen LogP) is 0.508. The Bertz CT molecular complexity index is 232. The fourth-order valence-corrected chi connectivity index (χ4v) is 2.05. The lowest BCUT2D eigenvalue weighted by Crippen LogP contribution is -2.43. The van der Waals surface area contributed by atoms with Crippen LogP contribution < -0.4 is 5.32 Å². The highest BCUT2D eigenvalue weighted by atomic mass is 16.5. The van der Waals surface area contributed by atoms with Crippen LogP contribution in [0.25, 0.3) is 0 Å². The van der Waals surface area contributed by atoms with E-state index < -0.39 is 5.41 Å². The molecule has 1 saturated heterocycles. The molecule has 0 aromatic heterocycles. The lowest BCUT2D eigenvalue weighted by molar-refractivity contribution is -0.156. The number of esters is 1. The summed E-state index contributed by atoms with van der Waals surface area (Å²) in [5.74, 6) is -0.188. The van der Waals surface area contributed by atoms with Crippen LogP contribution in [-0.4, -0.2) is 32.0 Å². The van der Waals surface area contributed by atoms with Crippen molar-refractivity contribution < 1.29 is 14.3 Å². The molecule has 0 spiro atoms. The molecular weight excluding hydrogens is 182 g/mol. The number of carbonyl (C=O) groups is 2. The molecule has 0 unspecified atom stereocenters. The Morgan fingerprint density at radius 3 is 2.36 bits per heavy atom. The lowest BCUT2D eigenvalue weighted by atomic mass is 9.75. The Hall–Kier alpha value is -0.900. The molecule has 1 rings (SSSR count). The fourth-order valence-electron chi connectivity index (χ4n) is 2.05. The summed E-state index contributed by atoms with van der Waals surface area (Å²) in [6.45, 7) is 3.08. The van der Waals surface area contributed by atoms with Crippen molar-refractivity contribution in [2.75, 3.05) is 20.2 Å². The summed E-state index contributed by atoms with van der Waals surface area (Å²) in [5.41, 5.74) is -0.564. The van der Waals surface area contributed by atoms with E-state index in [2.05, 4.69) is 5.32 Å². The van der Waals surface area contributed by atoms with Crippen molar-refractivity contribution in [2.24, 2.45) is 5.41 Å². The molecular formula is C10H17NO3. The number of Topliss-reactive ketones (excluding diaryl/α,β-unsaturated/α-hetero) is 1. The maximum absolute atomic E-state index is 11.6. The zero-order chi connectivity index (χ0) is 10.6. The van der Waals surface area contributed by atoms with Gasteiger partial charge < -0.3 is 10.1 Å². The molecule has 0 bridgehead atoms. The van der Waals surface area contributed by atoms with Crippen LogP contribution in [0.2, 0.25) is 0 Å². The first-order chi connectivity index (χ1) is 6.60. The van der Waals surface area contributed by atoms with Crippen LogP contribution in [0.5, 0.6) is 0 Å². The van der Waals surface area contributed by atoms with Gasteiger partial charge in [0.05, 0.1) is 12.5 Å². The monoisotopic (exact) mass is 199 g/mol. The van der Waals surface area contributed by atoms with Gasteiger partial charge in [0.25, 0.3) is 0 Å². The van der Waals surface area contributed by atoms with E-state index in [4.69, 9.17) is 4.74 Å². The summed E-state index contributed by atoms with van der Waals surface area (Å²) in [6, 6.07) is 0. The minimum atomic E-state index is -0.564. The van der Waals surface area contributed by atoms with Crippen molar-refractivity contribution in [3.63, 3.8) is 0 Å². The Kier molecular flexibility index (Phi) is 3.63. The maximum atomic E-state index is 11.6. The number of rotatable bonds is 3. The zero-order valence-electron chi connectivity index (χ0n) is 8.76. The van der Waals surface area contributed by atoms with Crippen molar-refractivity contribution >= 4 is 11.8 Å². The molecule has 1 aliphatic heterocycles. The second kappa shape index (κ2) is 4.55. The number of ether oxygens (including phenoxy) is 1. The summed E-state index contributed by atoms with van der Waals surface area (Å²) in [7, 11) is 1.38. The molecule has 80 valence electrons. The number of methoxy groups -OCH3 is 1. The zero-order valence-corrected chi connectivity index (χ0v) is 8.76. The topological polar surface area (TPSA) is 55.4 Å². The average Bonchev–Trinajstić information content (AvgIpc) is 2.17. The van der Waals surface area contributed by atoms with E-state index in [1.165, 1.54) is 14.0 Å². The fraction of sp³-hybridized carbons (Fsp3) is 0.800. The minimum absolute atomic E-state index is 0.0531. The van der Waals surface area contributed by atoms with E-state index in [0.29, 0.717) is 19.3 Å². The number of carbonyl (C=O) groups excluding carboxylic acids is 2. The molecule has 0 aromatic rings. The molecule has 0 aliphatic carbocycles. The van der Waals surface area contributed by atoms with Gasteiger partial charge in [0.2, 0.25) is 0 Å². The molecule has 0 radical (unpaired) electrons. The highest BCUT2D eigenvalue weighted by molar-refractivity contribution is 5.85. The highest BCUT2D eigenvalue weighted by Crippen LogP contribution is 2.34. The molecule has 14 heavy (non-hydrogen) atoms. The van der Waals surface area contributed by atoms with E-state index in [1.54, 1.807) is 0 Å². The van der Waals surface area contributed by atoms with Gasteiger partial charge in [0.1, 0.15) is 5.78 Å². The van der Waals surface area contributed by atoms with Gasteiger partial charge >= 0.3 is 5.97 Å². The third kappa shape index (κ3) is 2.32. The smallest absolute Gasteiger partial charge is 0.312 e. The van der Waals surface area contributed by atoms with Gasteiger partial charge in [0, 0.05) is 6.42 Å². The summed E-state index contributed by atoms with van der Waals surface area (Å²) < 4.78 is 4.78. The SMILES string of the molecule is COC(=O)C1(CC(C)=O)CCNCC1. The molecule has 0 atom stereocenters. The first-order valence-corrected chi connectivity index (χ1v) is 4.89. The molecule has 0 amide bonds. The van der Waals surface area contributed by atoms with Crippen molar-refractivity contribution in [3.8, 4) is 0 Å². The summed E-state index contributed by atoms with van der Waals surface area (Å²) in [6.07, 6.45) is 1.69. The van der Waals surface area contributed by atoms with E-state index in [1.807, 2.05) is 0 Å². The van der Waals surface area contributed by atoms with Crippen LogP contribution >= 0.6 is 0 Å². The molecule has 1 heterocycles. The number of hydrogen-bond acceptors (Lipinski definition) is 4. The third-order valence-electron chi connectivity index (χ3n) is 2.77. The van der Waals surface area contributed by atoms with Crippen LogP contribution in [0.1, 0.15) is 26.2 Å². The Morgan fingerprint density at radius 2 is 1.93 bits per heavy atom. The average molecular weight is 199 g/mol. The molecule has 1 fully saturated rings. The predicted molar refractivity (Wildman–Crippen MR) is 51.9 cm³/mol. The van der Waals surface area contributed by atoms with Gasteiger partial charge in [-0.05, 0) is 32.9 Å². The molecule has 4 nitrogen and oxygen atoms in total. The Labute approximate surface area is 84.0 Å². The molecule has 0 saturated carbocycles. The van der Waals surface area contributed by atoms with Crippen LogP contribution in [0.4, 0.5) is 0 Å². The summed E-state index contributed by atoms with van der Waals surface area (Å²) in [5, 5.41) is 3.17. The van der Waals surface area contributed by atoms with Gasteiger partial charge in [-0.1, -0.05) is 0 Å². The normalized spacial score (nSPS) is 20.1. The van der Waals surface area contributed by atoms with Crippen molar-refractivity contribution in [2.45, 2.75) is 26.2 Å².